The number of H-pyrrole nitrogens is 1. The zero-order valence-corrected chi connectivity index (χ0v) is 16.9. The molecule has 0 fully saturated rings. The van der Waals surface area contributed by atoms with Gasteiger partial charge in [-0.15, -0.1) is 16.4 Å². The van der Waals surface area contributed by atoms with Crippen molar-refractivity contribution >= 4 is 33.3 Å². The molecule has 28 heavy (non-hydrogen) atoms. The number of aromatic nitrogens is 6. The summed E-state index contributed by atoms with van der Waals surface area (Å²) in [6.45, 7) is 4.92. The first-order valence-corrected chi connectivity index (χ1v) is 10.5. The third-order valence-corrected chi connectivity index (χ3v) is 5.86. The van der Waals surface area contributed by atoms with E-state index < -0.39 is 0 Å². The molecule has 0 saturated heterocycles. The first-order valence-electron chi connectivity index (χ1n) is 8.66. The highest BCUT2D eigenvalue weighted by Gasteiger charge is 2.14. The van der Waals surface area contributed by atoms with Crippen LogP contribution in [0.5, 0.6) is 0 Å². The number of fused-ring (bicyclic) bond motifs is 1. The Bertz CT molecular complexity index is 1170. The Balaban J connectivity index is 1.60. The van der Waals surface area contributed by atoms with E-state index in [9.17, 15) is 9.18 Å². The van der Waals surface area contributed by atoms with Gasteiger partial charge in [-0.3, -0.25) is 4.79 Å². The van der Waals surface area contributed by atoms with Crippen LogP contribution in [-0.4, -0.2) is 30.2 Å². The first kappa shape index (κ1) is 18.8. The molecule has 0 spiro atoms. The van der Waals surface area contributed by atoms with E-state index in [0.29, 0.717) is 32.9 Å². The molecule has 7 nitrogen and oxygen atoms in total. The summed E-state index contributed by atoms with van der Waals surface area (Å²) in [7, 11) is 0. The summed E-state index contributed by atoms with van der Waals surface area (Å²) in [6.07, 6.45) is 0. The van der Waals surface area contributed by atoms with Crippen molar-refractivity contribution in [2.24, 2.45) is 5.92 Å². The number of thiophene rings is 1. The van der Waals surface area contributed by atoms with E-state index in [1.807, 2.05) is 5.38 Å². The minimum absolute atomic E-state index is 0.206. The van der Waals surface area contributed by atoms with Crippen molar-refractivity contribution < 1.29 is 4.39 Å². The van der Waals surface area contributed by atoms with Gasteiger partial charge in [-0.25, -0.2) is 14.1 Å². The van der Waals surface area contributed by atoms with Crippen LogP contribution in [0.4, 0.5) is 4.39 Å². The van der Waals surface area contributed by atoms with E-state index in [1.54, 1.807) is 16.8 Å². The number of hydrogen-bond acceptors (Lipinski definition) is 7. The van der Waals surface area contributed by atoms with E-state index >= 15 is 0 Å². The van der Waals surface area contributed by atoms with Crippen LogP contribution in [0.25, 0.3) is 21.3 Å². The maximum atomic E-state index is 13.2. The molecule has 3 aromatic heterocycles. The predicted molar refractivity (Wildman–Crippen MR) is 108 cm³/mol. The highest BCUT2D eigenvalue weighted by atomic mass is 32.2. The SMILES string of the molecule is CC(C)Cn1nnnc1SCc1nc2scc(-c3ccc(F)cc3)c2c(=O)[nH]1. The molecule has 3 heterocycles. The molecule has 1 aromatic carbocycles. The number of nitrogens with zero attached hydrogens (tertiary/aromatic N) is 5. The summed E-state index contributed by atoms with van der Waals surface area (Å²) in [5.41, 5.74) is 1.34. The van der Waals surface area contributed by atoms with Gasteiger partial charge < -0.3 is 4.98 Å². The van der Waals surface area contributed by atoms with Gasteiger partial charge in [0, 0.05) is 17.5 Å². The fourth-order valence-electron chi connectivity index (χ4n) is 2.80. The van der Waals surface area contributed by atoms with Crippen molar-refractivity contribution in [1.82, 2.24) is 30.2 Å². The lowest BCUT2D eigenvalue weighted by molar-refractivity contribution is 0.445. The van der Waals surface area contributed by atoms with Crippen molar-refractivity contribution in [3.63, 3.8) is 0 Å². The summed E-state index contributed by atoms with van der Waals surface area (Å²) in [6, 6.07) is 6.09. The van der Waals surface area contributed by atoms with Crippen LogP contribution in [0.15, 0.2) is 39.6 Å². The molecule has 0 aliphatic carbocycles. The Labute approximate surface area is 168 Å². The maximum absolute atomic E-state index is 13.2. The van der Waals surface area contributed by atoms with Gasteiger partial charge in [-0.05, 0) is 34.0 Å². The molecule has 0 amide bonds. The molecular formula is C18H17FN6OS2. The van der Waals surface area contributed by atoms with Crippen LogP contribution in [0.3, 0.4) is 0 Å². The molecule has 1 N–H and O–H groups in total. The third kappa shape index (κ3) is 3.83. The minimum atomic E-state index is -0.311. The molecule has 0 unspecified atom stereocenters. The minimum Gasteiger partial charge on any atom is -0.309 e. The standard InChI is InChI=1S/C18H17FN6OS2/c1-10(2)7-25-18(22-23-24-25)28-9-14-20-16(26)15-13(8-27-17(15)21-14)11-3-5-12(19)6-4-11/h3-6,8,10H,7,9H2,1-2H3,(H,20,21,26). The molecule has 144 valence electrons. The zero-order valence-electron chi connectivity index (χ0n) is 15.2. The normalized spacial score (nSPS) is 11.6. The Morgan fingerprint density at radius 1 is 1.29 bits per heavy atom. The highest BCUT2D eigenvalue weighted by molar-refractivity contribution is 7.98. The monoisotopic (exact) mass is 416 g/mol. The number of rotatable bonds is 6. The number of nitrogens with one attached hydrogen (secondary N) is 1. The van der Waals surface area contributed by atoms with Crippen molar-refractivity contribution in [3.8, 4) is 11.1 Å². The van der Waals surface area contributed by atoms with Crippen molar-refractivity contribution in [2.75, 3.05) is 0 Å². The van der Waals surface area contributed by atoms with Crippen LogP contribution >= 0.6 is 23.1 Å². The van der Waals surface area contributed by atoms with E-state index in [4.69, 9.17) is 0 Å². The largest absolute Gasteiger partial charge is 0.309 e. The molecule has 0 aliphatic rings. The fraction of sp³-hybridized carbons (Fsp3) is 0.278. The highest BCUT2D eigenvalue weighted by Crippen LogP contribution is 2.31. The maximum Gasteiger partial charge on any atom is 0.260 e. The molecule has 10 heteroatoms. The number of benzene rings is 1. The average molecular weight is 417 g/mol. The molecule has 4 aromatic rings. The Morgan fingerprint density at radius 2 is 2.07 bits per heavy atom. The van der Waals surface area contributed by atoms with Gasteiger partial charge in [-0.2, -0.15) is 0 Å². The smallest absolute Gasteiger partial charge is 0.260 e. The van der Waals surface area contributed by atoms with Crippen LogP contribution in [0.1, 0.15) is 19.7 Å². The van der Waals surface area contributed by atoms with Gasteiger partial charge in [0.05, 0.1) is 11.1 Å². The summed E-state index contributed by atoms with van der Waals surface area (Å²) < 4.78 is 14.9. The molecule has 0 saturated carbocycles. The van der Waals surface area contributed by atoms with Crippen LogP contribution in [0, 0.1) is 11.7 Å². The number of thioether (sulfide) groups is 1. The predicted octanol–water partition coefficient (Wildman–Crippen LogP) is 3.73. The van der Waals surface area contributed by atoms with Gasteiger partial charge in [-0.1, -0.05) is 37.7 Å². The number of hydrogen-bond donors (Lipinski definition) is 1. The van der Waals surface area contributed by atoms with Gasteiger partial charge in [0.2, 0.25) is 5.16 Å². The molecule has 0 bridgehead atoms. The second-order valence-electron chi connectivity index (χ2n) is 6.68. The molecule has 0 aliphatic heterocycles. The third-order valence-electron chi connectivity index (χ3n) is 4.02. The van der Waals surface area contributed by atoms with Crippen molar-refractivity contribution in [3.05, 3.63) is 51.6 Å². The molecule has 0 atom stereocenters. The number of aromatic amines is 1. The lowest BCUT2D eigenvalue weighted by atomic mass is 10.1. The van der Waals surface area contributed by atoms with E-state index in [2.05, 4.69) is 39.3 Å². The van der Waals surface area contributed by atoms with Crippen LogP contribution < -0.4 is 5.56 Å². The van der Waals surface area contributed by atoms with Gasteiger partial charge in [0.15, 0.2) is 0 Å². The Kier molecular flexibility index (Phi) is 5.23. The summed E-state index contributed by atoms with van der Waals surface area (Å²) >= 11 is 2.82. The summed E-state index contributed by atoms with van der Waals surface area (Å²) in [4.78, 5) is 20.8. The van der Waals surface area contributed by atoms with Crippen molar-refractivity contribution in [2.45, 2.75) is 31.3 Å². The Hall–Kier alpha value is -2.59. The lowest BCUT2D eigenvalue weighted by Gasteiger charge is -2.06. The van der Waals surface area contributed by atoms with Gasteiger partial charge in [0.25, 0.3) is 5.56 Å². The summed E-state index contributed by atoms with van der Waals surface area (Å²) in [5.74, 6) is 1.13. The zero-order chi connectivity index (χ0) is 19.7. The summed E-state index contributed by atoms with van der Waals surface area (Å²) in [5, 5.41) is 14.8. The average Bonchev–Trinajstić information content (AvgIpc) is 3.27. The van der Waals surface area contributed by atoms with Crippen LogP contribution in [-0.2, 0) is 12.3 Å². The van der Waals surface area contributed by atoms with Gasteiger partial charge in [0.1, 0.15) is 16.5 Å². The molecular weight excluding hydrogens is 399 g/mol. The van der Waals surface area contributed by atoms with Gasteiger partial charge >= 0.3 is 0 Å². The van der Waals surface area contributed by atoms with E-state index in [-0.39, 0.29) is 11.4 Å². The fourth-order valence-corrected chi connectivity index (χ4v) is 4.52. The second-order valence-corrected chi connectivity index (χ2v) is 8.48. The quantitative estimate of drug-likeness (QED) is 0.482. The van der Waals surface area contributed by atoms with Crippen molar-refractivity contribution in [1.29, 1.82) is 0 Å². The van der Waals surface area contributed by atoms with Crippen LogP contribution in [0.2, 0.25) is 0 Å². The van der Waals surface area contributed by atoms with E-state index in [0.717, 1.165) is 17.7 Å². The number of halogens is 1. The lowest BCUT2D eigenvalue weighted by Crippen LogP contribution is -2.11. The molecule has 0 radical (unpaired) electrons. The van der Waals surface area contributed by atoms with E-state index in [1.165, 1.54) is 35.2 Å². The molecule has 4 rings (SSSR count). The first-order chi connectivity index (χ1) is 13.5. The Morgan fingerprint density at radius 3 is 2.82 bits per heavy atom. The number of tetrazole rings is 1. The topological polar surface area (TPSA) is 89.3 Å². The second kappa shape index (κ2) is 7.80.